The minimum atomic E-state index is -1.12. The number of aryl methyl sites for hydroxylation is 1. The van der Waals surface area contributed by atoms with Crippen LogP contribution in [0.4, 0.5) is 13.2 Å². The van der Waals surface area contributed by atoms with E-state index in [4.69, 9.17) is 4.74 Å². The highest BCUT2D eigenvalue weighted by atomic mass is 19.2. The molecule has 0 amide bonds. The topological polar surface area (TPSA) is 9.23 Å². The van der Waals surface area contributed by atoms with Gasteiger partial charge in [-0.3, -0.25) is 0 Å². The SMILES string of the molecule is C=CCCCOc1ccc(-c2ccc(-c3ccc(CCCCC)cc3)cc2F)c(F)c1F. The molecule has 0 saturated heterocycles. The summed E-state index contributed by atoms with van der Waals surface area (Å²) in [6.07, 6.45) is 7.68. The van der Waals surface area contributed by atoms with E-state index in [-0.39, 0.29) is 23.5 Å². The van der Waals surface area contributed by atoms with Crippen molar-refractivity contribution in [3.63, 3.8) is 0 Å². The summed E-state index contributed by atoms with van der Waals surface area (Å²) in [6.45, 7) is 6.04. The Kier molecular flexibility index (Phi) is 8.55. The Hall–Kier alpha value is -3.01. The molecule has 0 bridgehead atoms. The molecule has 0 heterocycles. The van der Waals surface area contributed by atoms with Crippen LogP contribution in [0.25, 0.3) is 22.3 Å². The Bertz CT molecular complexity index is 1040. The number of allylic oxidation sites excluding steroid dienone is 1. The first-order valence-corrected chi connectivity index (χ1v) is 11.2. The molecule has 0 unspecified atom stereocenters. The lowest BCUT2D eigenvalue weighted by Gasteiger charge is -2.12. The van der Waals surface area contributed by atoms with Gasteiger partial charge in [0.25, 0.3) is 0 Å². The van der Waals surface area contributed by atoms with Crippen molar-refractivity contribution in [2.45, 2.75) is 45.4 Å². The zero-order valence-electron chi connectivity index (χ0n) is 18.5. The van der Waals surface area contributed by atoms with Crippen LogP contribution in [0.1, 0.15) is 44.6 Å². The fraction of sp³-hybridized carbons (Fsp3) is 0.286. The molecule has 0 aromatic heterocycles. The van der Waals surface area contributed by atoms with Crippen molar-refractivity contribution < 1.29 is 17.9 Å². The Morgan fingerprint density at radius 3 is 2.22 bits per heavy atom. The fourth-order valence-electron chi connectivity index (χ4n) is 3.62. The van der Waals surface area contributed by atoms with Crippen LogP contribution in [0.15, 0.2) is 67.3 Å². The molecule has 0 N–H and O–H groups in total. The Morgan fingerprint density at radius 1 is 0.812 bits per heavy atom. The largest absolute Gasteiger partial charge is 0.490 e. The van der Waals surface area contributed by atoms with E-state index in [0.29, 0.717) is 12.0 Å². The van der Waals surface area contributed by atoms with E-state index in [1.807, 2.05) is 12.1 Å². The predicted molar refractivity (Wildman–Crippen MR) is 125 cm³/mol. The van der Waals surface area contributed by atoms with Crippen LogP contribution < -0.4 is 4.74 Å². The summed E-state index contributed by atoms with van der Waals surface area (Å²) in [5, 5.41) is 0. The van der Waals surface area contributed by atoms with E-state index in [1.54, 1.807) is 12.1 Å². The number of hydrogen-bond acceptors (Lipinski definition) is 1. The number of unbranched alkanes of at least 4 members (excludes halogenated alkanes) is 3. The van der Waals surface area contributed by atoms with Gasteiger partial charge in [-0.15, -0.1) is 6.58 Å². The van der Waals surface area contributed by atoms with E-state index in [0.717, 1.165) is 24.8 Å². The molecule has 32 heavy (non-hydrogen) atoms. The number of ether oxygens (including phenoxy) is 1. The second-order valence-corrected chi connectivity index (χ2v) is 7.87. The summed E-state index contributed by atoms with van der Waals surface area (Å²) >= 11 is 0. The average Bonchev–Trinajstić information content (AvgIpc) is 2.80. The molecule has 0 atom stereocenters. The van der Waals surface area contributed by atoms with Crippen molar-refractivity contribution in [3.05, 3.63) is 90.3 Å². The van der Waals surface area contributed by atoms with Crippen LogP contribution in [-0.4, -0.2) is 6.61 Å². The molecular weight excluding hydrogens is 409 g/mol. The molecule has 3 aromatic carbocycles. The molecule has 3 rings (SSSR count). The number of rotatable bonds is 11. The van der Waals surface area contributed by atoms with Gasteiger partial charge in [-0.05, 0) is 60.6 Å². The highest BCUT2D eigenvalue weighted by Gasteiger charge is 2.18. The van der Waals surface area contributed by atoms with E-state index >= 15 is 0 Å². The summed E-state index contributed by atoms with van der Waals surface area (Å²) in [5.41, 5.74) is 2.71. The number of hydrogen-bond donors (Lipinski definition) is 0. The van der Waals surface area contributed by atoms with Crippen LogP contribution in [0.3, 0.4) is 0 Å². The molecular formula is C28H29F3O. The minimum absolute atomic E-state index is 0.0135. The summed E-state index contributed by atoms with van der Waals surface area (Å²) in [7, 11) is 0. The van der Waals surface area contributed by atoms with Gasteiger partial charge in [0, 0.05) is 11.1 Å². The summed E-state index contributed by atoms with van der Waals surface area (Å²) in [5.74, 6) is -3.00. The van der Waals surface area contributed by atoms with Crippen molar-refractivity contribution >= 4 is 0 Å². The normalized spacial score (nSPS) is 10.9. The van der Waals surface area contributed by atoms with Crippen LogP contribution in [0, 0.1) is 17.5 Å². The standard InChI is InChI=1S/C28H29F3O/c1-3-5-7-9-20-10-12-21(13-11-20)22-14-15-23(25(29)19-22)24-16-17-26(28(31)27(24)30)32-18-8-6-4-2/h4,10-17,19H,2-3,5-9,18H2,1H3. The van der Waals surface area contributed by atoms with Gasteiger partial charge in [0.15, 0.2) is 11.6 Å². The third-order valence-electron chi connectivity index (χ3n) is 5.47. The molecule has 0 aliphatic rings. The van der Waals surface area contributed by atoms with Crippen molar-refractivity contribution in [1.29, 1.82) is 0 Å². The zero-order chi connectivity index (χ0) is 22.9. The summed E-state index contributed by atoms with van der Waals surface area (Å²) in [4.78, 5) is 0. The van der Waals surface area contributed by atoms with E-state index < -0.39 is 17.5 Å². The van der Waals surface area contributed by atoms with E-state index in [2.05, 4.69) is 25.6 Å². The maximum atomic E-state index is 14.9. The first kappa shape index (κ1) is 23.6. The fourth-order valence-corrected chi connectivity index (χ4v) is 3.62. The Morgan fingerprint density at radius 2 is 1.53 bits per heavy atom. The lowest BCUT2D eigenvalue weighted by Crippen LogP contribution is -2.01. The first-order chi connectivity index (χ1) is 15.5. The van der Waals surface area contributed by atoms with Crippen molar-refractivity contribution in [3.8, 4) is 28.0 Å². The van der Waals surface area contributed by atoms with Crippen LogP contribution in [0.5, 0.6) is 5.75 Å². The molecule has 0 radical (unpaired) electrons. The zero-order valence-corrected chi connectivity index (χ0v) is 18.5. The quantitative estimate of drug-likeness (QED) is 0.215. The molecule has 168 valence electrons. The van der Waals surface area contributed by atoms with E-state index in [1.165, 1.54) is 42.7 Å². The smallest absolute Gasteiger partial charge is 0.201 e. The minimum Gasteiger partial charge on any atom is -0.490 e. The van der Waals surface area contributed by atoms with Gasteiger partial charge in [-0.2, -0.15) is 4.39 Å². The molecule has 0 saturated carbocycles. The molecule has 4 heteroatoms. The first-order valence-electron chi connectivity index (χ1n) is 11.2. The van der Waals surface area contributed by atoms with Crippen molar-refractivity contribution in [2.75, 3.05) is 6.61 Å². The number of benzene rings is 3. The lowest BCUT2D eigenvalue weighted by molar-refractivity contribution is 0.291. The summed E-state index contributed by atoms with van der Waals surface area (Å²) in [6, 6.07) is 15.3. The van der Waals surface area contributed by atoms with Crippen LogP contribution in [-0.2, 0) is 6.42 Å². The second-order valence-electron chi connectivity index (χ2n) is 7.87. The summed E-state index contributed by atoms with van der Waals surface area (Å²) < 4.78 is 49.3. The highest BCUT2D eigenvalue weighted by Crippen LogP contribution is 2.33. The Balaban J connectivity index is 1.77. The molecule has 3 aromatic rings. The monoisotopic (exact) mass is 438 g/mol. The molecule has 0 fully saturated rings. The van der Waals surface area contributed by atoms with Gasteiger partial charge >= 0.3 is 0 Å². The highest BCUT2D eigenvalue weighted by molar-refractivity contribution is 5.72. The van der Waals surface area contributed by atoms with E-state index in [9.17, 15) is 13.2 Å². The molecule has 0 spiro atoms. The third kappa shape index (κ3) is 5.82. The number of halogens is 3. The molecule has 0 aliphatic carbocycles. The third-order valence-corrected chi connectivity index (χ3v) is 5.47. The van der Waals surface area contributed by atoms with Crippen LogP contribution >= 0.6 is 0 Å². The molecule has 1 nitrogen and oxygen atoms in total. The second kappa shape index (κ2) is 11.6. The van der Waals surface area contributed by atoms with Crippen molar-refractivity contribution in [2.24, 2.45) is 0 Å². The van der Waals surface area contributed by atoms with Gasteiger partial charge in [-0.1, -0.05) is 62.2 Å². The maximum Gasteiger partial charge on any atom is 0.201 e. The van der Waals surface area contributed by atoms with Gasteiger partial charge < -0.3 is 4.74 Å². The van der Waals surface area contributed by atoms with Gasteiger partial charge in [-0.25, -0.2) is 8.78 Å². The van der Waals surface area contributed by atoms with Crippen molar-refractivity contribution in [1.82, 2.24) is 0 Å². The van der Waals surface area contributed by atoms with Gasteiger partial charge in [0.05, 0.1) is 6.61 Å². The maximum absolute atomic E-state index is 14.9. The average molecular weight is 439 g/mol. The van der Waals surface area contributed by atoms with Gasteiger partial charge in [0.1, 0.15) is 5.82 Å². The predicted octanol–water partition coefficient (Wildman–Crippen LogP) is 8.52. The molecule has 0 aliphatic heterocycles. The van der Waals surface area contributed by atoms with Crippen LogP contribution in [0.2, 0.25) is 0 Å². The lowest BCUT2D eigenvalue weighted by atomic mass is 9.97. The Labute approximate surface area is 188 Å². The van der Waals surface area contributed by atoms with Gasteiger partial charge in [0.2, 0.25) is 5.82 Å².